The van der Waals surface area contributed by atoms with Gasteiger partial charge < -0.3 is 8.98 Å². The van der Waals surface area contributed by atoms with E-state index in [-0.39, 0.29) is 0 Å². The van der Waals surface area contributed by atoms with Gasteiger partial charge in [-0.3, -0.25) is 0 Å². The van der Waals surface area contributed by atoms with Crippen LogP contribution < -0.4 is 15.9 Å². The smallest absolute Gasteiger partial charge is 0.171 e. The van der Waals surface area contributed by atoms with E-state index < -0.39 is 7.14 Å². The summed E-state index contributed by atoms with van der Waals surface area (Å²) in [5.41, 5.74) is 11.0. The molecule has 0 spiro atoms. The highest BCUT2D eigenvalue weighted by Gasteiger charge is 2.31. The van der Waals surface area contributed by atoms with Crippen LogP contribution in [0.3, 0.4) is 0 Å². The lowest BCUT2D eigenvalue weighted by Crippen LogP contribution is -2.25. The summed E-state index contributed by atoms with van der Waals surface area (Å²) >= 11 is 0. The van der Waals surface area contributed by atoms with Crippen LogP contribution in [0.4, 0.5) is 0 Å². The van der Waals surface area contributed by atoms with Gasteiger partial charge >= 0.3 is 0 Å². The zero-order chi connectivity index (χ0) is 32.5. The number of furan rings is 1. The van der Waals surface area contributed by atoms with Crippen molar-refractivity contribution >= 4 is 55.8 Å². The molecule has 0 radical (unpaired) electrons. The average Bonchev–Trinajstić information content (AvgIpc) is 3.71. The molecule has 230 valence electrons. The molecule has 1 aliphatic carbocycles. The molecule has 0 saturated heterocycles. The summed E-state index contributed by atoms with van der Waals surface area (Å²) in [6, 6.07) is 60.6. The Morgan fingerprint density at radius 2 is 0.857 bits per heavy atom. The van der Waals surface area contributed by atoms with Gasteiger partial charge in [-0.1, -0.05) is 152 Å². The van der Waals surface area contributed by atoms with Gasteiger partial charge in [-0.2, -0.15) is 0 Å². The van der Waals surface area contributed by atoms with Crippen molar-refractivity contribution in [1.82, 2.24) is 0 Å². The molecule has 8 aromatic carbocycles. The number of benzene rings is 8. The minimum Gasteiger partial charge on any atom is -0.456 e. The second kappa shape index (κ2) is 10.8. The van der Waals surface area contributed by atoms with Gasteiger partial charge in [0.25, 0.3) is 0 Å². The fourth-order valence-corrected chi connectivity index (χ4v) is 10.4. The number of hydrogen-bond acceptors (Lipinski definition) is 2. The van der Waals surface area contributed by atoms with Crippen LogP contribution >= 0.6 is 7.14 Å². The minimum atomic E-state index is -3.31. The van der Waals surface area contributed by atoms with Crippen molar-refractivity contribution in [3.63, 3.8) is 0 Å². The van der Waals surface area contributed by atoms with Gasteiger partial charge in [0.2, 0.25) is 0 Å². The van der Waals surface area contributed by atoms with Crippen LogP contribution in [0.25, 0.3) is 77.2 Å². The van der Waals surface area contributed by atoms with E-state index in [4.69, 9.17) is 4.42 Å². The molecule has 0 bridgehead atoms. The van der Waals surface area contributed by atoms with E-state index >= 15 is 4.57 Å². The molecule has 0 fully saturated rings. The summed E-state index contributed by atoms with van der Waals surface area (Å²) in [5, 5.41) is 6.84. The topological polar surface area (TPSA) is 30.2 Å². The molecule has 0 unspecified atom stereocenters. The first-order valence-corrected chi connectivity index (χ1v) is 18.3. The zero-order valence-corrected chi connectivity index (χ0v) is 27.4. The molecular formula is C46H29O2P. The van der Waals surface area contributed by atoms with Crippen molar-refractivity contribution in [2.75, 3.05) is 0 Å². The monoisotopic (exact) mass is 644 g/mol. The zero-order valence-electron chi connectivity index (χ0n) is 26.5. The predicted molar refractivity (Wildman–Crippen MR) is 206 cm³/mol. The summed E-state index contributed by atoms with van der Waals surface area (Å²) in [6.07, 6.45) is 0. The summed E-state index contributed by atoms with van der Waals surface area (Å²) in [4.78, 5) is 0. The lowest BCUT2D eigenvalue weighted by Gasteiger charge is -2.21. The lowest BCUT2D eigenvalue weighted by atomic mass is 9.98. The Kier molecular flexibility index (Phi) is 6.19. The normalized spacial score (nSPS) is 12.2. The Balaban J connectivity index is 1.19. The molecule has 0 atom stereocenters. The molecule has 1 heterocycles. The van der Waals surface area contributed by atoms with Gasteiger partial charge in [-0.25, -0.2) is 0 Å². The van der Waals surface area contributed by atoms with Crippen molar-refractivity contribution in [2.24, 2.45) is 0 Å². The first-order valence-electron chi connectivity index (χ1n) is 16.6. The average molecular weight is 645 g/mol. The van der Waals surface area contributed by atoms with Crippen molar-refractivity contribution in [1.29, 1.82) is 0 Å². The molecule has 0 saturated carbocycles. The molecule has 10 rings (SSSR count). The van der Waals surface area contributed by atoms with E-state index in [1.54, 1.807) is 0 Å². The third-order valence-electron chi connectivity index (χ3n) is 10.1. The molecule has 49 heavy (non-hydrogen) atoms. The first kappa shape index (κ1) is 28.1. The van der Waals surface area contributed by atoms with Crippen LogP contribution in [0.1, 0.15) is 0 Å². The third-order valence-corrected chi connectivity index (χ3v) is 13.2. The van der Waals surface area contributed by atoms with Gasteiger partial charge in [0.05, 0.1) is 0 Å². The third kappa shape index (κ3) is 4.25. The Hall–Kier alpha value is -5.95. The quantitative estimate of drug-likeness (QED) is 0.175. The fourth-order valence-electron chi connectivity index (χ4n) is 7.76. The highest BCUT2D eigenvalue weighted by Crippen LogP contribution is 2.51. The first-order chi connectivity index (χ1) is 24.2. The van der Waals surface area contributed by atoms with E-state index in [2.05, 4.69) is 103 Å². The Labute approximate surface area is 284 Å². The standard InChI is InChI=1S/C46H29O2P/c47-49(34-22-18-32(19-23-34)30-10-3-1-4-11-30,35-24-20-33(21-25-35)31-12-5-2-6-13-31)36-26-27-43-42(28-36)46-40-17-9-16-39-37-14-7-8-15-38(37)41(45(39)40)29-44(46)48-43/h1-29H. The number of hydrogen-bond donors (Lipinski definition) is 0. The summed E-state index contributed by atoms with van der Waals surface area (Å²) in [6.45, 7) is 0. The maximum absolute atomic E-state index is 15.9. The Morgan fingerprint density at radius 3 is 1.47 bits per heavy atom. The van der Waals surface area contributed by atoms with Crippen molar-refractivity contribution in [2.45, 2.75) is 0 Å². The maximum atomic E-state index is 15.9. The second-order valence-corrected chi connectivity index (χ2v) is 15.6. The van der Waals surface area contributed by atoms with Crippen LogP contribution in [-0.4, -0.2) is 0 Å². The van der Waals surface area contributed by atoms with E-state index in [9.17, 15) is 0 Å². The second-order valence-electron chi connectivity index (χ2n) is 12.8. The maximum Gasteiger partial charge on any atom is 0.171 e. The summed E-state index contributed by atoms with van der Waals surface area (Å²) in [7, 11) is -3.31. The molecule has 2 nitrogen and oxygen atoms in total. The SMILES string of the molecule is O=P(c1ccc(-c2ccccc2)cc1)(c1ccc(-c2ccccc2)cc1)c1ccc2oc3cc4c5c(cccc5c3c2c1)-c1ccccc1-4. The predicted octanol–water partition coefficient (Wildman–Crippen LogP) is 11.4. The number of fused-ring (bicyclic) bond motifs is 7. The minimum absolute atomic E-state index is 0.786. The molecule has 1 aromatic heterocycles. The summed E-state index contributed by atoms with van der Waals surface area (Å²) < 4.78 is 22.5. The van der Waals surface area contributed by atoms with Crippen LogP contribution in [0.15, 0.2) is 180 Å². The highest BCUT2D eigenvalue weighted by molar-refractivity contribution is 7.85. The van der Waals surface area contributed by atoms with Gasteiger partial charge in [-0.15, -0.1) is 0 Å². The van der Waals surface area contributed by atoms with Crippen LogP contribution in [0.2, 0.25) is 0 Å². The summed E-state index contributed by atoms with van der Waals surface area (Å²) in [5.74, 6) is 0. The molecule has 0 aliphatic heterocycles. The van der Waals surface area contributed by atoms with Gasteiger partial charge in [-0.05, 0) is 79.5 Å². The fraction of sp³-hybridized carbons (Fsp3) is 0. The molecule has 1 aliphatic rings. The van der Waals surface area contributed by atoms with Crippen LogP contribution in [0, 0.1) is 0 Å². The van der Waals surface area contributed by atoms with E-state index in [0.717, 1.165) is 65.5 Å². The van der Waals surface area contributed by atoms with Gasteiger partial charge in [0, 0.05) is 26.7 Å². The van der Waals surface area contributed by atoms with Crippen molar-refractivity contribution < 1.29 is 8.98 Å². The molecular weight excluding hydrogens is 615 g/mol. The largest absolute Gasteiger partial charge is 0.456 e. The molecule has 3 heteroatoms. The van der Waals surface area contributed by atoms with E-state index in [0.29, 0.717) is 0 Å². The highest BCUT2D eigenvalue weighted by atomic mass is 31.2. The van der Waals surface area contributed by atoms with Crippen molar-refractivity contribution in [3.05, 3.63) is 176 Å². The van der Waals surface area contributed by atoms with E-state index in [1.165, 1.54) is 27.6 Å². The van der Waals surface area contributed by atoms with E-state index in [1.807, 2.05) is 72.8 Å². The van der Waals surface area contributed by atoms with Crippen LogP contribution in [0.5, 0.6) is 0 Å². The lowest BCUT2D eigenvalue weighted by molar-refractivity contribution is 0.592. The Bertz CT molecular complexity index is 2670. The van der Waals surface area contributed by atoms with Crippen LogP contribution in [-0.2, 0) is 4.57 Å². The molecule has 9 aromatic rings. The Morgan fingerprint density at radius 1 is 0.347 bits per heavy atom. The van der Waals surface area contributed by atoms with Crippen molar-refractivity contribution in [3.8, 4) is 44.5 Å². The molecule has 0 amide bonds. The van der Waals surface area contributed by atoms with Gasteiger partial charge in [0.1, 0.15) is 11.2 Å². The number of rotatable bonds is 5. The van der Waals surface area contributed by atoms with Gasteiger partial charge in [0.15, 0.2) is 7.14 Å². The molecule has 0 N–H and O–H groups in total.